The van der Waals surface area contributed by atoms with Gasteiger partial charge in [-0.3, -0.25) is 4.99 Å². The Morgan fingerprint density at radius 3 is 3.00 bits per heavy atom. The lowest BCUT2D eigenvalue weighted by molar-refractivity contribution is 0.415. The summed E-state index contributed by atoms with van der Waals surface area (Å²) in [6.07, 6.45) is 7.63. The Morgan fingerprint density at radius 1 is 1.41 bits per heavy atom. The summed E-state index contributed by atoms with van der Waals surface area (Å²) in [5.74, 6) is 1.73. The lowest BCUT2D eigenvalue weighted by Crippen LogP contribution is -2.44. The van der Waals surface area contributed by atoms with E-state index in [1.807, 2.05) is 30.7 Å². The second kappa shape index (κ2) is 12.1. The van der Waals surface area contributed by atoms with Crippen LogP contribution in [0.2, 0.25) is 5.02 Å². The van der Waals surface area contributed by atoms with Crippen LogP contribution in [0.25, 0.3) is 0 Å². The molecule has 0 bridgehead atoms. The van der Waals surface area contributed by atoms with Crippen LogP contribution in [-0.2, 0) is 6.54 Å². The fraction of sp³-hybridized carbons (Fsp3) is 0.500. The molecule has 2 heterocycles. The summed E-state index contributed by atoms with van der Waals surface area (Å²) in [6, 6.07) is 6.08. The molecule has 1 unspecified atom stereocenters. The Labute approximate surface area is 194 Å². The van der Waals surface area contributed by atoms with Crippen molar-refractivity contribution in [2.75, 3.05) is 38.2 Å². The minimum Gasteiger partial charge on any atom is -0.495 e. The zero-order chi connectivity index (χ0) is 19.8. The molecule has 3 rings (SSSR count). The summed E-state index contributed by atoms with van der Waals surface area (Å²) in [7, 11) is 1.69. The van der Waals surface area contributed by atoms with Gasteiger partial charge in [-0.25, -0.2) is 4.98 Å². The molecule has 0 aliphatic carbocycles. The highest BCUT2D eigenvalue weighted by molar-refractivity contribution is 14.0. The zero-order valence-electron chi connectivity index (χ0n) is 17.0. The number of ether oxygens (including phenoxy) is 1. The summed E-state index contributed by atoms with van der Waals surface area (Å²) >= 11 is 6.19. The number of nitrogens with zero attached hydrogens (tertiary/aromatic N) is 4. The number of rotatable bonds is 8. The van der Waals surface area contributed by atoms with Gasteiger partial charge >= 0.3 is 0 Å². The van der Waals surface area contributed by atoms with Gasteiger partial charge in [0, 0.05) is 56.2 Å². The highest BCUT2D eigenvalue weighted by atomic mass is 127. The van der Waals surface area contributed by atoms with Gasteiger partial charge in [-0.2, -0.15) is 0 Å². The molecule has 1 aromatic carbocycles. The maximum Gasteiger partial charge on any atom is 0.191 e. The topological polar surface area (TPSA) is 66.7 Å². The molecule has 7 nitrogen and oxygen atoms in total. The number of aryl methyl sites for hydroxylation is 1. The second-order valence-electron chi connectivity index (χ2n) is 6.81. The van der Waals surface area contributed by atoms with Gasteiger partial charge in [0.15, 0.2) is 5.96 Å². The molecule has 1 aliphatic rings. The molecule has 29 heavy (non-hydrogen) atoms. The van der Waals surface area contributed by atoms with E-state index in [-0.39, 0.29) is 24.0 Å². The number of halogens is 2. The molecule has 1 fully saturated rings. The summed E-state index contributed by atoms with van der Waals surface area (Å²) in [6.45, 7) is 6.46. The maximum absolute atomic E-state index is 6.19. The number of methoxy groups -OCH3 is 1. The Hall–Kier alpha value is -1.68. The van der Waals surface area contributed by atoms with Crippen molar-refractivity contribution >= 4 is 47.2 Å². The molecule has 0 radical (unpaired) electrons. The Bertz CT molecular complexity index is 770. The van der Waals surface area contributed by atoms with Gasteiger partial charge in [0.1, 0.15) is 5.75 Å². The Balaban J connectivity index is 0.00000300. The molecule has 0 saturated carbocycles. The fourth-order valence-corrected chi connectivity index (χ4v) is 3.55. The molecule has 1 atom stereocenters. The molecule has 2 aromatic rings. The van der Waals surface area contributed by atoms with Crippen molar-refractivity contribution in [1.29, 1.82) is 0 Å². The van der Waals surface area contributed by atoms with Crippen LogP contribution in [0.1, 0.15) is 19.8 Å². The van der Waals surface area contributed by atoms with Gasteiger partial charge in [0.25, 0.3) is 0 Å². The average molecular weight is 533 g/mol. The third-order valence-corrected chi connectivity index (χ3v) is 4.99. The first-order valence-electron chi connectivity index (χ1n) is 9.78. The van der Waals surface area contributed by atoms with Gasteiger partial charge in [-0.05, 0) is 38.0 Å². The Morgan fingerprint density at radius 2 is 2.28 bits per heavy atom. The van der Waals surface area contributed by atoms with Gasteiger partial charge < -0.3 is 24.8 Å². The summed E-state index contributed by atoms with van der Waals surface area (Å²) in [5, 5.41) is 7.63. The largest absolute Gasteiger partial charge is 0.495 e. The molecule has 1 aliphatic heterocycles. The predicted octanol–water partition coefficient (Wildman–Crippen LogP) is 3.39. The van der Waals surface area contributed by atoms with Gasteiger partial charge in [0.2, 0.25) is 0 Å². The van der Waals surface area contributed by atoms with Crippen LogP contribution < -0.4 is 20.3 Å². The molecular formula is C20H30ClIN6O. The van der Waals surface area contributed by atoms with Crippen LogP contribution in [0.5, 0.6) is 5.75 Å². The molecule has 9 heteroatoms. The molecule has 0 spiro atoms. The number of guanidine groups is 1. The van der Waals surface area contributed by atoms with Crippen LogP contribution >= 0.6 is 35.6 Å². The second-order valence-corrected chi connectivity index (χ2v) is 7.24. The van der Waals surface area contributed by atoms with Crippen molar-refractivity contribution < 1.29 is 4.74 Å². The van der Waals surface area contributed by atoms with Crippen LogP contribution in [-0.4, -0.2) is 54.8 Å². The van der Waals surface area contributed by atoms with E-state index in [4.69, 9.17) is 21.3 Å². The van der Waals surface area contributed by atoms with Crippen molar-refractivity contribution in [3.63, 3.8) is 0 Å². The molecule has 0 amide bonds. The highest BCUT2D eigenvalue weighted by Gasteiger charge is 2.25. The van der Waals surface area contributed by atoms with Gasteiger partial charge in [-0.15, -0.1) is 24.0 Å². The number of nitrogens with one attached hydrogen (secondary N) is 2. The van der Waals surface area contributed by atoms with E-state index in [0.717, 1.165) is 68.0 Å². The van der Waals surface area contributed by atoms with E-state index >= 15 is 0 Å². The van der Waals surface area contributed by atoms with Crippen molar-refractivity contribution in [1.82, 2.24) is 20.2 Å². The first-order valence-corrected chi connectivity index (χ1v) is 10.2. The SMILES string of the molecule is CCNC(=NCCCn1ccnc1)NC1CCN(c2cc(Cl)ccc2OC)C1.I. The van der Waals surface area contributed by atoms with E-state index in [1.165, 1.54) is 0 Å². The first kappa shape index (κ1) is 23.6. The third kappa shape index (κ3) is 6.95. The zero-order valence-corrected chi connectivity index (χ0v) is 20.1. The lowest BCUT2D eigenvalue weighted by atomic mass is 10.2. The number of aliphatic imine (C=N–C) groups is 1. The number of benzene rings is 1. The van der Waals surface area contributed by atoms with E-state index in [9.17, 15) is 0 Å². The van der Waals surface area contributed by atoms with E-state index in [0.29, 0.717) is 6.04 Å². The minimum atomic E-state index is 0. The van der Waals surface area contributed by atoms with Gasteiger partial charge in [-0.1, -0.05) is 11.6 Å². The van der Waals surface area contributed by atoms with Crippen LogP contribution in [0.15, 0.2) is 41.9 Å². The van der Waals surface area contributed by atoms with Gasteiger partial charge in [0.05, 0.1) is 19.1 Å². The maximum atomic E-state index is 6.19. The molecule has 2 N–H and O–H groups in total. The highest BCUT2D eigenvalue weighted by Crippen LogP contribution is 2.33. The van der Waals surface area contributed by atoms with Crippen molar-refractivity contribution in [3.8, 4) is 5.75 Å². The van der Waals surface area contributed by atoms with Crippen molar-refractivity contribution in [3.05, 3.63) is 41.9 Å². The molecule has 160 valence electrons. The van der Waals surface area contributed by atoms with Crippen molar-refractivity contribution in [2.45, 2.75) is 32.4 Å². The molecule has 1 saturated heterocycles. The first-order chi connectivity index (χ1) is 13.7. The predicted molar refractivity (Wildman–Crippen MR) is 130 cm³/mol. The monoisotopic (exact) mass is 532 g/mol. The average Bonchev–Trinajstić information content (AvgIpc) is 3.37. The van der Waals surface area contributed by atoms with E-state index in [2.05, 4.69) is 32.0 Å². The lowest BCUT2D eigenvalue weighted by Gasteiger charge is -2.22. The number of anilines is 1. The van der Waals surface area contributed by atoms with Crippen molar-refractivity contribution in [2.24, 2.45) is 4.99 Å². The number of aromatic nitrogens is 2. The fourth-order valence-electron chi connectivity index (χ4n) is 3.38. The summed E-state index contributed by atoms with van der Waals surface area (Å²) in [4.78, 5) is 11.1. The van der Waals surface area contributed by atoms with Crippen LogP contribution in [0.4, 0.5) is 5.69 Å². The number of imidazole rings is 1. The smallest absolute Gasteiger partial charge is 0.191 e. The van der Waals surface area contributed by atoms with Crippen LogP contribution in [0.3, 0.4) is 0 Å². The molecule has 1 aromatic heterocycles. The third-order valence-electron chi connectivity index (χ3n) is 4.76. The number of hydrogen-bond donors (Lipinski definition) is 2. The minimum absolute atomic E-state index is 0. The normalized spacial score (nSPS) is 16.4. The standard InChI is InChI=1S/C20H29ClN6O.HI/c1-3-23-20(24-8-4-10-26-12-9-22-15-26)25-17-7-11-27(14-17)18-13-16(21)5-6-19(18)28-2;/h5-6,9,12-13,15,17H,3-4,7-8,10-11,14H2,1-2H3,(H2,23,24,25);1H. The Kier molecular flexibility index (Phi) is 9.86. The quantitative estimate of drug-likeness (QED) is 0.236. The summed E-state index contributed by atoms with van der Waals surface area (Å²) < 4.78 is 7.57. The van der Waals surface area contributed by atoms with E-state index < -0.39 is 0 Å². The van der Waals surface area contributed by atoms with Crippen LogP contribution in [0, 0.1) is 0 Å². The number of hydrogen-bond acceptors (Lipinski definition) is 4. The summed E-state index contributed by atoms with van der Waals surface area (Å²) in [5.41, 5.74) is 1.04. The van der Waals surface area contributed by atoms with E-state index in [1.54, 1.807) is 13.3 Å². The molecular weight excluding hydrogens is 503 g/mol.